The second kappa shape index (κ2) is 7.23. The van der Waals surface area contributed by atoms with Crippen molar-refractivity contribution in [1.29, 1.82) is 0 Å². The molecule has 0 saturated heterocycles. The molecule has 0 spiro atoms. The number of hydrogen-bond acceptors (Lipinski definition) is 2. The third-order valence-electron chi connectivity index (χ3n) is 2.08. The maximum Gasteiger partial charge on any atom is 0.143 e. The van der Waals surface area contributed by atoms with Crippen LogP contribution in [0.3, 0.4) is 0 Å². The number of rotatable bonds is 7. The van der Waals surface area contributed by atoms with Crippen LogP contribution in [0.15, 0.2) is 41.8 Å². The van der Waals surface area contributed by atoms with Gasteiger partial charge in [-0.25, -0.2) is 4.39 Å². The van der Waals surface area contributed by atoms with Crippen molar-refractivity contribution in [1.82, 2.24) is 0 Å². The molecule has 0 bridgehead atoms. The molecule has 0 saturated carbocycles. The van der Waals surface area contributed by atoms with E-state index in [9.17, 15) is 9.18 Å². The Hall–Kier alpha value is -1.09. The molecule has 0 heterocycles. The van der Waals surface area contributed by atoms with E-state index in [2.05, 4.69) is 6.58 Å². The van der Waals surface area contributed by atoms with Gasteiger partial charge in [0, 0.05) is 11.3 Å². The number of unbranched alkanes of at least 4 members (excludes halogenated alkanes) is 1. The van der Waals surface area contributed by atoms with Gasteiger partial charge in [-0.3, -0.25) is 4.79 Å². The number of ketones is 1. The molecule has 0 aliphatic carbocycles. The number of carbonyl (C=O) groups is 1. The van der Waals surface area contributed by atoms with Gasteiger partial charge >= 0.3 is 0 Å². The largest absolute Gasteiger partial charge is 0.299 e. The maximum absolute atomic E-state index is 12.6. The van der Waals surface area contributed by atoms with Gasteiger partial charge in [0.2, 0.25) is 0 Å². The molecule has 1 nitrogen and oxygen atoms in total. The van der Waals surface area contributed by atoms with Gasteiger partial charge in [-0.05, 0) is 37.1 Å². The van der Waals surface area contributed by atoms with E-state index in [0.717, 1.165) is 17.7 Å². The number of halogens is 1. The smallest absolute Gasteiger partial charge is 0.143 e. The van der Waals surface area contributed by atoms with Gasteiger partial charge in [0.1, 0.15) is 11.6 Å². The summed E-state index contributed by atoms with van der Waals surface area (Å²) in [4.78, 5) is 12.4. The number of allylic oxidation sites excluding steroid dienone is 1. The highest BCUT2D eigenvalue weighted by Gasteiger charge is 2.02. The molecule has 1 aromatic carbocycles. The minimum absolute atomic E-state index is 0.233. The van der Waals surface area contributed by atoms with Crippen LogP contribution >= 0.6 is 11.8 Å². The highest BCUT2D eigenvalue weighted by atomic mass is 32.2. The summed E-state index contributed by atoms with van der Waals surface area (Å²) in [6.45, 7) is 3.61. The van der Waals surface area contributed by atoms with E-state index in [1.54, 1.807) is 12.1 Å². The Kier molecular flexibility index (Phi) is 5.86. The van der Waals surface area contributed by atoms with E-state index in [1.165, 1.54) is 23.9 Å². The number of Topliss-reactive ketones (excluding diaryl/α,β-unsaturated/α-hetero) is 1. The first-order valence-corrected chi connectivity index (χ1v) is 6.22. The highest BCUT2D eigenvalue weighted by molar-refractivity contribution is 8.00. The van der Waals surface area contributed by atoms with Crippen LogP contribution in [0.25, 0.3) is 0 Å². The van der Waals surface area contributed by atoms with Gasteiger partial charge in [0.05, 0.1) is 5.75 Å². The fourth-order valence-corrected chi connectivity index (χ4v) is 2.01. The topological polar surface area (TPSA) is 17.1 Å². The van der Waals surface area contributed by atoms with Crippen molar-refractivity contribution >= 4 is 17.5 Å². The molecule has 0 aliphatic heterocycles. The minimum Gasteiger partial charge on any atom is -0.299 e. The molecule has 0 unspecified atom stereocenters. The first-order chi connectivity index (χ1) is 7.72. The molecule has 0 fully saturated rings. The van der Waals surface area contributed by atoms with Gasteiger partial charge in [0.25, 0.3) is 0 Å². The Labute approximate surface area is 99.7 Å². The summed E-state index contributed by atoms with van der Waals surface area (Å²) >= 11 is 1.45. The summed E-state index contributed by atoms with van der Waals surface area (Å²) in [5.41, 5.74) is 0. The zero-order chi connectivity index (χ0) is 11.8. The van der Waals surface area contributed by atoms with Gasteiger partial charge in [-0.1, -0.05) is 6.08 Å². The normalized spacial score (nSPS) is 10.1. The van der Waals surface area contributed by atoms with E-state index >= 15 is 0 Å². The first-order valence-electron chi connectivity index (χ1n) is 5.23. The van der Waals surface area contributed by atoms with Crippen molar-refractivity contribution in [2.75, 3.05) is 5.75 Å². The van der Waals surface area contributed by atoms with E-state index in [4.69, 9.17) is 0 Å². The quantitative estimate of drug-likeness (QED) is 0.408. The minimum atomic E-state index is -0.248. The lowest BCUT2D eigenvalue weighted by Crippen LogP contribution is -2.00. The van der Waals surface area contributed by atoms with Crippen molar-refractivity contribution in [2.45, 2.75) is 24.2 Å². The molecule has 0 atom stereocenters. The molecule has 0 N–H and O–H groups in total. The SMILES string of the molecule is C=CCCCC(=O)CSc1ccc(F)cc1. The molecule has 86 valence electrons. The lowest BCUT2D eigenvalue weighted by atomic mass is 10.2. The van der Waals surface area contributed by atoms with Crippen LogP contribution in [0, 0.1) is 5.82 Å². The van der Waals surface area contributed by atoms with Crippen molar-refractivity contribution in [3.05, 3.63) is 42.7 Å². The molecule has 1 rings (SSSR count). The van der Waals surface area contributed by atoms with Crippen molar-refractivity contribution in [2.24, 2.45) is 0 Å². The molecular weight excluding hydrogens is 223 g/mol. The Morgan fingerprint density at radius 1 is 1.38 bits per heavy atom. The highest BCUT2D eigenvalue weighted by Crippen LogP contribution is 2.18. The summed E-state index contributed by atoms with van der Waals surface area (Å²) in [7, 11) is 0. The van der Waals surface area contributed by atoms with Gasteiger partial charge in [-0.2, -0.15) is 0 Å². The standard InChI is InChI=1S/C13H15FOS/c1-2-3-4-5-12(15)10-16-13-8-6-11(14)7-9-13/h2,6-9H,1,3-5,10H2. The molecule has 16 heavy (non-hydrogen) atoms. The van der Waals surface area contributed by atoms with E-state index in [1.807, 2.05) is 6.08 Å². The summed E-state index contributed by atoms with van der Waals surface area (Å²) in [5.74, 6) is 0.445. The third kappa shape index (κ3) is 5.12. The van der Waals surface area contributed by atoms with Crippen LogP contribution in [-0.2, 0) is 4.79 Å². The molecule has 1 aromatic rings. The summed E-state index contributed by atoms with van der Waals surface area (Å²) < 4.78 is 12.6. The van der Waals surface area contributed by atoms with Crippen LogP contribution < -0.4 is 0 Å². The average Bonchev–Trinajstić information content (AvgIpc) is 2.29. The predicted octanol–water partition coefficient (Wildman–Crippen LogP) is 3.84. The third-order valence-corrected chi connectivity index (χ3v) is 3.15. The summed E-state index contributed by atoms with van der Waals surface area (Å²) in [5, 5.41) is 0. The monoisotopic (exact) mass is 238 g/mol. The van der Waals surface area contributed by atoms with Crippen LogP contribution in [0.5, 0.6) is 0 Å². The van der Waals surface area contributed by atoms with E-state index in [0.29, 0.717) is 12.2 Å². The Bertz CT molecular complexity index is 345. The van der Waals surface area contributed by atoms with Crippen molar-refractivity contribution < 1.29 is 9.18 Å². The number of benzene rings is 1. The number of hydrogen-bond donors (Lipinski definition) is 0. The van der Waals surface area contributed by atoms with E-state index in [-0.39, 0.29) is 11.6 Å². The summed E-state index contributed by atoms with van der Waals surface area (Å²) in [6.07, 6.45) is 4.17. The first kappa shape index (κ1) is 13.0. The molecule has 0 radical (unpaired) electrons. The zero-order valence-electron chi connectivity index (χ0n) is 9.12. The Balaban J connectivity index is 2.26. The summed E-state index contributed by atoms with van der Waals surface area (Å²) in [6, 6.07) is 6.20. The number of thioether (sulfide) groups is 1. The van der Waals surface area contributed by atoms with Crippen molar-refractivity contribution in [3.8, 4) is 0 Å². The molecule has 0 aromatic heterocycles. The van der Waals surface area contributed by atoms with Crippen LogP contribution in [0.2, 0.25) is 0 Å². The Morgan fingerprint density at radius 2 is 2.06 bits per heavy atom. The maximum atomic E-state index is 12.6. The zero-order valence-corrected chi connectivity index (χ0v) is 9.93. The fraction of sp³-hybridized carbons (Fsp3) is 0.308. The molecule has 0 amide bonds. The number of carbonyl (C=O) groups excluding carboxylic acids is 1. The second-order valence-electron chi connectivity index (χ2n) is 3.46. The van der Waals surface area contributed by atoms with Gasteiger partial charge < -0.3 is 0 Å². The lowest BCUT2D eigenvalue weighted by molar-refractivity contribution is -0.116. The fourth-order valence-electron chi connectivity index (χ4n) is 1.21. The van der Waals surface area contributed by atoms with Crippen LogP contribution in [-0.4, -0.2) is 11.5 Å². The molecular formula is C13H15FOS. The van der Waals surface area contributed by atoms with Gasteiger partial charge in [0.15, 0.2) is 0 Å². The van der Waals surface area contributed by atoms with E-state index < -0.39 is 0 Å². The van der Waals surface area contributed by atoms with Crippen molar-refractivity contribution in [3.63, 3.8) is 0 Å². The van der Waals surface area contributed by atoms with Crippen LogP contribution in [0.4, 0.5) is 4.39 Å². The molecule has 3 heteroatoms. The average molecular weight is 238 g/mol. The second-order valence-corrected chi connectivity index (χ2v) is 4.51. The molecule has 0 aliphatic rings. The van der Waals surface area contributed by atoms with Crippen LogP contribution in [0.1, 0.15) is 19.3 Å². The lowest BCUT2D eigenvalue weighted by Gasteiger charge is -2.00. The van der Waals surface area contributed by atoms with Gasteiger partial charge in [-0.15, -0.1) is 18.3 Å². The Morgan fingerprint density at radius 3 is 2.69 bits per heavy atom. The predicted molar refractivity (Wildman–Crippen MR) is 66.2 cm³/mol.